The van der Waals surface area contributed by atoms with Crippen LogP contribution in [0.15, 0.2) is 168 Å². The van der Waals surface area contributed by atoms with Gasteiger partial charge in [-0.3, -0.25) is 0 Å². The molecular formula is C50H38N2S. The summed E-state index contributed by atoms with van der Waals surface area (Å²) in [6.45, 7) is 9.71. The molecule has 0 aliphatic carbocycles. The second kappa shape index (κ2) is 10.9. The first-order valence-electron chi connectivity index (χ1n) is 18.6. The van der Waals surface area contributed by atoms with E-state index < -0.39 is 0 Å². The van der Waals surface area contributed by atoms with Gasteiger partial charge >= 0.3 is 0 Å². The second-order valence-corrected chi connectivity index (χ2v) is 16.9. The fraction of sp³-hybridized carbons (Fsp3) is 0.120. The molecule has 0 unspecified atom stereocenters. The van der Waals surface area contributed by atoms with E-state index in [0.29, 0.717) is 0 Å². The van der Waals surface area contributed by atoms with Gasteiger partial charge in [0.05, 0.1) is 22.7 Å². The Morgan fingerprint density at radius 3 is 1.62 bits per heavy atom. The Morgan fingerprint density at radius 1 is 0.434 bits per heavy atom. The Labute approximate surface area is 315 Å². The summed E-state index contributed by atoms with van der Waals surface area (Å²) in [5.74, 6) is 0. The van der Waals surface area contributed by atoms with Crippen LogP contribution in [0.3, 0.4) is 0 Å². The molecule has 0 saturated heterocycles. The van der Waals surface area contributed by atoms with Gasteiger partial charge < -0.3 is 9.80 Å². The van der Waals surface area contributed by atoms with Gasteiger partial charge in [-0.2, -0.15) is 0 Å². The maximum absolute atomic E-state index is 2.63. The SMILES string of the molecule is CC1(C)c2cccc3c2N2c4c(cccc4C(C)(C)c4cc(N(c5ccc(-c6ccccc6)cc5)c5cc6ccccc6c6ccccc56)cc1c42)S3. The normalized spacial score (nSPS) is 15.4. The molecular weight excluding hydrogens is 661 g/mol. The van der Waals surface area contributed by atoms with Gasteiger partial charge in [-0.25, -0.2) is 0 Å². The van der Waals surface area contributed by atoms with Gasteiger partial charge in [-0.1, -0.05) is 155 Å². The largest absolute Gasteiger partial charge is 0.310 e. The summed E-state index contributed by atoms with van der Waals surface area (Å²) in [6, 6.07) is 58.8. The maximum Gasteiger partial charge on any atom is 0.0642 e. The van der Waals surface area contributed by atoms with Gasteiger partial charge in [0, 0.05) is 37.4 Å². The molecule has 0 radical (unpaired) electrons. The van der Waals surface area contributed by atoms with Crippen LogP contribution >= 0.6 is 11.8 Å². The number of benzene rings is 8. The van der Waals surface area contributed by atoms with E-state index in [-0.39, 0.29) is 10.8 Å². The number of para-hydroxylation sites is 2. The van der Waals surface area contributed by atoms with Crippen LogP contribution in [0.25, 0.3) is 32.7 Å². The second-order valence-electron chi connectivity index (χ2n) is 15.8. The van der Waals surface area contributed by atoms with E-state index in [1.807, 2.05) is 11.8 Å². The third-order valence-corrected chi connectivity index (χ3v) is 13.3. The number of nitrogens with zero attached hydrogens (tertiary/aromatic N) is 2. The average molecular weight is 699 g/mol. The van der Waals surface area contributed by atoms with Crippen molar-refractivity contribution in [1.29, 1.82) is 0 Å². The lowest BCUT2D eigenvalue weighted by Crippen LogP contribution is -2.39. The van der Waals surface area contributed by atoms with E-state index in [0.717, 1.165) is 5.69 Å². The van der Waals surface area contributed by atoms with Crippen LogP contribution in [-0.2, 0) is 10.8 Å². The molecule has 0 fully saturated rings. The van der Waals surface area contributed by atoms with Crippen molar-refractivity contribution in [3.8, 4) is 11.1 Å². The smallest absolute Gasteiger partial charge is 0.0642 e. The maximum atomic E-state index is 2.63. The van der Waals surface area contributed by atoms with Gasteiger partial charge in [-0.15, -0.1) is 0 Å². The van der Waals surface area contributed by atoms with Crippen LogP contribution in [0.2, 0.25) is 0 Å². The Bertz CT molecular complexity index is 2730. The zero-order chi connectivity index (χ0) is 35.6. The molecule has 3 aliphatic heterocycles. The predicted molar refractivity (Wildman–Crippen MR) is 225 cm³/mol. The molecule has 0 bridgehead atoms. The highest BCUT2D eigenvalue weighted by Crippen LogP contribution is 2.66. The Hall–Kier alpha value is -5.77. The lowest BCUT2D eigenvalue weighted by molar-refractivity contribution is 0.593. The minimum Gasteiger partial charge on any atom is -0.310 e. The molecule has 0 saturated carbocycles. The molecule has 8 aromatic carbocycles. The lowest BCUT2D eigenvalue weighted by atomic mass is 9.66. The first kappa shape index (κ1) is 30.8. The molecule has 8 aromatic rings. The molecule has 0 atom stereocenters. The van der Waals surface area contributed by atoms with E-state index in [9.17, 15) is 0 Å². The minimum absolute atomic E-state index is 0.226. The lowest BCUT2D eigenvalue weighted by Gasteiger charge is -2.52. The Morgan fingerprint density at radius 2 is 0.981 bits per heavy atom. The number of hydrogen-bond acceptors (Lipinski definition) is 3. The highest BCUT2D eigenvalue weighted by molar-refractivity contribution is 7.99. The number of rotatable bonds is 4. The number of fused-ring (bicyclic) bond motifs is 3. The van der Waals surface area contributed by atoms with Gasteiger partial charge in [-0.05, 0) is 92.0 Å². The topological polar surface area (TPSA) is 6.48 Å². The van der Waals surface area contributed by atoms with Crippen molar-refractivity contribution < 1.29 is 0 Å². The summed E-state index contributed by atoms with van der Waals surface area (Å²) < 4.78 is 0. The van der Waals surface area contributed by atoms with Crippen LogP contribution in [0.5, 0.6) is 0 Å². The first-order chi connectivity index (χ1) is 25.8. The zero-order valence-electron chi connectivity index (χ0n) is 30.3. The molecule has 11 rings (SSSR count). The summed E-state index contributed by atoms with van der Waals surface area (Å²) in [7, 11) is 0. The van der Waals surface area contributed by atoms with E-state index in [1.54, 1.807) is 0 Å². The van der Waals surface area contributed by atoms with Crippen molar-refractivity contribution in [2.24, 2.45) is 0 Å². The highest BCUT2D eigenvalue weighted by atomic mass is 32.2. The Balaban J connectivity index is 1.23. The fourth-order valence-electron chi connectivity index (χ4n) is 9.45. The van der Waals surface area contributed by atoms with E-state index in [4.69, 9.17) is 0 Å². The van der Waals surface area contributed by atoms with Crippen molar-refractivity contribution in [3.05, 3.63) is 180 Å². The average Bonchev–Trinajstić information content (AvgIpc) is 3.19. The number of anilines is 6. The van der Waals surface area contributed by atoms with Crippen molar-refractivity contribution in [2.45, 2.75) is 48.3 Å². The van der Waals surface area contributed by atoms with Gasteiger partial charge in [0.2, 0.25) is 0 Å². The quantitative estimate of drug-likeness (QED) is 0.169. The summed E-state index contributed by atoms with van der Waals surface area (Å²) in [5, 5.41) is 5.01. The van der Waals surface area contributed by atoms with Crippen LogP contribution in [0, 0.1) is 0 Å². The Kier molecular flexibility index (Phi) is 6.33. The van der Waals surface area contributed by atoms with Gasteiger partial charge in [0.1, 0.15) is 0 Å². The molecule has 3 heteroatoms. The van der Waals surface area contributed by atoms with Crippen molar-refractivity contribution in [1.82, 2.24) is 0 Å². The molecule has 0 aromatic heterocycles. The van der Waals surface area contributed by atoms with E-state index in [2.05, 4.69) is 195 Å². The highest BCUT2D eigenvalue weighted by Gasteiger charge is 2.49. The third kappa shape index (κ3) is 4.23. The first-order valence-corrected chi connectivity index (χ1v) is 19.4. The van der Waals surface area contributed by atoms with Crippen molar-refractivity contribution in [2.75, 3.05) is 9.80 Å². The van der Waals surface area contributed by atoms with Gasteiger partial charge in [0.25, 0.3) is 0 Å². The third-order valence-electron chi connectivity index (χ3n) is 12.2. The van der Waals surface area contributed by atoms with Crippen LogP contribution in [0.4, 0.5) is 34.1 Å². The summed E-state index contributed by atoms with van der Waals surface area (Å²) in [5.41, 5.74) is 15.0. The van der Waals surface area contributed by atoms with Crippen molar-refractivity contribution in [3.63, 3.8) is 0 Å². The van der Waals surface area contributed by atoms with Crippen LogP contribution < -0.4 is 9.80 Å². The summed E-state index contributed by atoms with van der Waals surface area (Å²) in [6.07, 6.45) is 0. The van der Waals surface area contributed by atoms with Crippen LogP contribution in [0.1, 0.15) is 49.9 Å². The van der Waals surface area contributed by atoms with Crippen molar-refractivity contribution >= 4 is 67.4 Å². The standard InChI is InChI=1S/C50H38N2S/c1-49(2)39-20-12-22-44-47(39)52-46-41(49)29-35(30-42(46)50(3,4)40-21-13-23-45(53-44)48(40)52)51(34-26-24-32(25-27-34)31-14-6-5-7-15-31)43-28-33-16-8-9-17-36(33)37-18-10-11-19-38(37)43/h5-30H,1-4H3. The molecule has 0 N–H and O–H groups in total. The molecule has 53 heavy (non-hydrogen) atoms. The molecule has 254 valence electrons. The number of hydrogen-bond donors (Lipinski definition) is 0. The van der Waals surface area contributed by atoms with Crippen LogP contribution in [-0.4, -0.2) is 0 Å². The molecule has 0 spiro atoms. The molecule has 0 amide bonds. The molecule has 2 nitrogen and oxygen atoms in total. The monoisotopic (exact) mass is 698 g/mol. The molecule has 3 aliphatic rings. The summed E-state index contributed by atoms with van der Waals surface area (Å²) in [4.78, 5) is 7.82. The van der Waals surface area contributed by atoms with E-state index in [1.165, 1.54) is 93.2 Å². The molecule has 3 heterocycles. The predicted octanol–water partition coefficient (Wildman–Crippen LogP) is 14.3. The zero-order valence-corrected chi connectivity index (χ0v) is 31.1. The minimum atomic E-state index is -0.226. The van der Waals surface area contributed by atoms with E-state index >= 15 is 0 Å². The fourth-order valence-corrected chi connectivity index (χ4v) is 10.6. The van der Waals surface area contributed by atoms with Gasteiger partial charge in [0.15, 0.2) is 0 Å². The summed E-state index contributed by atoms with van der Waals surface area (Å²) >= 11 is 1.92.